The Balaban J connectivity index is 2.10. The van der Waals surface area contributed by atoms with Gasteiger partial charge in [0.1, 0.15) is 17.1 Å². The van der Waals surface area contributed by atoms with Gasteiger partial charge in [0.2, 0.25) is 0 Å². The predicted molar refractivity (Wildman–Crippen MR) is 88.0 cm³/mol. The lowest BCUT2D eigenvalue weighted by molar-refractivity contribution is 0.103. The first-order valence-electron chi connectivity index (χ1n) is 7.48. The number of hydrogen-bond donors (Lipinski definition) is 0. The van der Waals surface area contributed by atoms with Crippen molar-refractivity contribution in [2.45, 2.75) is 51.0 Å². The Morgan fingerprint density at radius 1 is 1.29 bits per heavy atom. The van der Waals surface area contributed by atoms with Crippen LogP contribution in [-0.2, 0) is 22.3 Å². The Morgan fingerprint density at radius 3 is 2.57 bits per heavy atom. The van der Waals surface area contributed by atoms with Crippen molar-refractivity contribution in [2.24, 2.45) is 0 Å². The highest BCUT2D eigenvalue weighted by Gasteiger charge is 2.28. The smallest absolute Gasteiger partial charge is 0.112 e. The maximum atomic E-state index is 12.8. The van der Waals surface area contributed by atoms with Crippen molar-refractivity contribution in [3.63, 3.8) is 0 Å². The van der Waals surface area contributed by atoms with Crippen LogP contribution < -0.4 is 0 Å². The first-order chi connectivity index (χ1) is 9.97. The molecule has 1 aromatic carbocycles. The molecule has 3 nitrogen and oxygen atoms in total. The van der Waals surface area contributed by atoms with E-state index in [-0.39, 0.29) is 10.9 Å². The quantitative estimate of drug-likeness (QED) is 0.831. The zero-order valence-electron chi connectivity index (χ0n) is 13.1. The monoisotopic (exact) mass is 307 g/mol. The highest BCUT2D eigenvalue weighted by molar-refractivity contribution is 7.84. The summed E-state index contributed by atoms with van der Waals surface area (Å²) in [6.45, 7) is 7.44. The van der Waals surface area contributed by atoms with Crippen molar-refractivity contribution >= 4 is 11.0 Å². The highest BCUT2D eigenvalue weighted by atomic mass is 32.2. The molecule has 2 rings (SSSR count). The summed E-state index contributed by atoms with van der Waals surface area (Å²) in [6.07, 6.45) is 5.97. The third-order valence-electron chi connectivity index (χ3n) is 3.39. The van der Waals surface area contributed by atoms with Crippen molar-refractivity contribution in [3.8, 4) is 0 Å². The summed E-state index contributed by atoms with van der Waals surface area (Å²) in [4.78, 5) is 0. The van der Waals surface area contributed by atoms with Crippen LogP contribution >= 0.6 is 0 Å². The number of ether oxygens (including phenoxy) is 1. The Hall–Kier alpha value is -1.13. The summed E-state index contributed by atoms with van der Waals surface area (Å²) in [6, 6.07) is 10.2. The summed E-state index contributed by atoms with van der Waals surface area (Å²) in [5.74, 6) is 0. The minimum Gasteiger partial charge on any atom is -0.497 e. The number of hydrogen-bond acceptors (Lipinski definition) is 2. The van der Waals surface area contributed by atoms with Gasteiger partial charge >= 0.3 is 0 Å². The van der Waals surface area contributed by atoms with Gasteiger partial charge in [0, 0.05) is 13.1 Å². The van der Waals surface area contributed by atoms with Crippen LogP contribution in [0.4, 0.5) is 0 Å². The molecular weight excluding hydrogens is 282 g/mol. The van der Waals surface area contributed by atoms with Gasteiger partial charge in [-0.15, -0.1) is 0 Å². The van der Waals surface area contributed by atoms with Gasteiger partial charge in [-0.1, -0.05) is 30.3 Å². The molecule has 0 spiro atoms. The third kappa shape index (κ3) is 4.97. The summed E-state index contributed by atoms with van der Waals surface area (Å²) in [5, 5.41) is 0. The van der Waals surface area contributed by atoms with E-state index in [1.54, 1.807) is 6.26 Å². The van der Waals surface area contributed by atoms with Crippen molar-refractivity contribution in [1.82, 2.24) is 4.31 Å². The van der Waals surface area contributed by atoms with E-state index in [1.807, 2.05) is 49.4 Å². The fraction of sp³-hybridized carbons (Fsp3) is 0.529. The topological polar surface area (TPSA) is 29.5 Å². The van der Waals surface area contributed by atoms with Gasteiger partial charge in [0.15, 0.2) is 0 Å². The maximum Gasteiger partial charge on any atom is 0.112 e. The van der Waals surface area contributed by atoms with Crippen LogP contribution in [0, 0.1) is 0 Å². The number of nitrogens with zero attached hydrogens (tertiary/aromatic N) is 1. The van der Waals surface area contributed by atoms with E-state index < -0.39 is 11.0 Å². The lowest BCUT2D eigenvalue weighted by Gasteiger charge is -2.32. The average molecular weight is 307 g/mol. The molecule has 0 fully saturated rings. The molecule has 116 valence electrons. The molecule has 0 saturated heterocycles. The van der Waals surface area contributed by atoms with E-state index in [0.29, 0.717) is 13.1 Å². The lowest BCUT2D eigenvalue weighted by Crippen LogP contribution is -2.41. The molecule has 0 radical (unpaired) electrons. The third-order valence-corrected chi connectivity index (χ3v) is 5.18. The molecule has 0 bridgehead atoms. The van der Waals surface area contributed by atoms with Gasteiger partial charge in [0.25, 0.3) is 0 Å². The van der Waals surface area contributed by atoms with Crippen LogP contribution in [0.5, 0.6) is 0 Å². The first kappa shape index (κ1) is 16.2. The second-order valence-electron chi connectivity index (χ2n) is 6.38. The summed E-state index contributed by atoms with van der Waals surface area (Å²) < 4.78 is 20.2. The normalized spacial score (nSPS) is 20.3. The molecule has 1 aromatic rings. The summed E-state index contributed by atoms with van der Waals surface area (Å²) in [7, 11) is -1.05. The van der Waals surface area contributed by atoms with E-state index in [4.69, 9.17) is 4.74 Å². The van der Waals surface area contributed by atoms with Crippen molar-refractivity contribution in [3.05, 3.63) is 48.2 Å². The lowest BCUT2D eigenvalue weighted by atomic mass is 10.1. The van der Waals surface area contributed by atoms with Gasteiger partial charge in [-0.3, -0.25) is 0 Å². The standard InChI is InChI=1S/C17H25NO2S/c1-17(2,3)21(19)18(13-15-9-5-4-6-10-15)14-16-11-7-8-12-20-16/h4-6,8-10,12,16H,7,11,13-14H2,1-3H3. The number of benzene rings is 1. The molecule has 0 aromatic heterocycles. The Kier molecular flexibility index (Phi) is 5.59. The predicted octanol–water partition coefficient (Wildman–Crippen LogP) is 3.64. The van der Waals surface area contributed by atoms with Gasteiger partial charge in [-0.25, -0.2) is 8.51 Å². The SMILES string of the molecule is CC(C)(C)S(=O)N(Cc1ccccc1)CC1CCC=CO1. The molecule has 0 saturated carbocycles. The molecule has 21 heavy (non-hydrogen) atoms. The van der Waals surface area contributed by atoms with Gasteiger partial charge in [0.05, 0.1) is 11.0 Å². The average Bonchev–Trinajstić information content (AvgIpc) is 2.47. The molecule has 4 heteroatoms. The van der Waals surface area contributed by atoms with E-state index >= 15 is 0 Å². The molecule has 0 aliphatic carbocycles. The van der Waals surface area contributed by atoms with Crippen LogP contribution in [0.1, 0.15) is 39.2 Å². The van der Waals surface area contributed by atoms with Crippen molar-refractivity contribution < 1.29 is 8.95 Å². The Bertz CT molecular complexity index is 493. The molecule has 2 atom stereocenters. The first-order valence-corrected chi connectivity index (χ1v) is 8.59. The molecule has 1 aliphatic rings. The zero-order valence-corrected chi connectivity index (χ0v) is 13.9. The summed E-state index contributed by atoms with van der Waals surface area (Å²) >= 11 is 0. The van der Waals surface area contributed by atoms with Gasteiger partial charge < -0.3 is 4.74 Å². The Morgan fingerprint density at radius 2 is 2.00 bits per heavy atom. The van der Waals surface area contributed by atoms with Crippen LogP contribution in [0.2, 0.25) is 0 Å². The van der Waals surface area contributed by atoms with Gasteiger partial charge in [-0.05, 0) is 45.3 Å². The molecular formula is C17H25NO2S. The molecule has 0 amide bonds. The second kappa shape index (κ2) is 7.23. The maximum absolute atomic E-state index is 12.8. The molecule has 1 heterocycles. The van der Waals surface area contributed by atoms with Crippen LogP contribution in [0.15, 0.2) is 42.7 Å². The fourth-order valence-electron chi connectivity index (χ4n) is 2.31. The minimum atomic E-state index is -1.05. The zero-order chi connectivity index (χ0) is 15.3. The van der Waals surface area contributed by atoms with Crippen molar-refractivity contribution in [1.29, 1.82) is 0 Å². The van der Waals surface area contributed by atoms with Crippen molar-refractivity contribution in [2.75, 3.05) is 6.54 Å². The van der Waals surface area contributed by atoms with Crippen LogP contribution in [0.3, 0.4) is 0 Å². The minimum absolute atomic E-state index is 0.130. The van der Waals surface area contributed by atoms with Crippen LogP contribution in [0.25, 0.3) is 0 Å². The molecule has 0 N–H and O–H groups in total. The highest BCUT2D eigenvalue weighted by Crippen LogP contribution is 2.21. The molecule has 1 aliphatic heterocycles. The molecule has 2 unspecified atom stereocenters. The fourth-order valence-corrected chi connectivity index (χ4v) is 3.65. The van der Waals surface area contributed by atoms with E-state index in [0.717, 1.165) is 12.8 Å². The second-order valence-corrected chi connectivity index (χ2v) is 8.62. The van der Waals surface area contributed by atoms with Gasteiger partial charge in [-0.2, -0.15) is 0 Å². The van der Waals surface area contributed by atoms with Crippen LogP contribution in [-0.4, -0.2) is 25.9 Å². The number of rotatable bonds is 5. The number of allylic oxidation sites excluding steroid dienone is 1. The van der Waals surface area contributed by atoms with E-state index in [2.05, 4.69) is 12.1 Å². The van der Waals surface area contributed by atoms with E-state index in [9.17, 15) is 4.21 Å². The largest absolute Gasteiger partial charge is 0.497 e. The van der Waals surface area contributed by atoms with E-state index in [1.165, 1.54) is 5.56 Å². The summed E-state index contributed by atoms with van der Waals surface area (Å²) in [5.41, 5.74) is 1.18. The Labute approximate surface area is 130 Å².